The third-order valence-electron chi connectivity index (χ3n) is 3.28. The van der Waals surface area contributed by atoms with Crippen molar-refractivity contribution < 1.29 is 10.0 Å². The van der Waals surface area contributed by atoms with Crippen LogP contribution in [0.4, 0.5) is 0 Å². The predicted octanol–water partition coefficient (Wildman–Crippen LogP) is 1.41. The van der Waals surface area contributed by atoms with Crippen molar-refractivity contribution >= 4 is 11.7 Å². The van der Waals surface area contributed by atoms with E-state index in [1.54, 1.807) is 11.9 Å². The van der Waals surface area contributed by atoms with Crippen LogP contribution in [0, 0.1) is 5.92 Å². The lowest BCUT2D eigenvalue weighted by molar-refractivity contribution is -0.137. The summed E-state index contributed by atoms with van der Waals surface area (Å²) in [4.78, 5) is 13.8. The Balaban J connectivity index is 4.90. The minimum atomic E-state index is -0.541. The molecule has 1 atom stereocenters. The zero-order chi connectivity index (χ0) is 12.9. The molecule has 5 nitrogen and oxygen atoms in total. The van der Waals surface area contributed by atoms with Crippen molar-refractivity contribution in [2.24, 2.45) is 16.8 Å². The standard InChI is InChI=1S/C11H23N3O2/c1-6-8(9(12)13-16)10(15)14(5)11(3,4)7-2/h8,16H,6-7H2,1-5H3,(H2,12,13). The molecule has 94 valence electrons. The molecule has 0 saturated heterocycles. The number of nitrogens with zero attached hydrogens (tertiary/aromatic N) is 2. The predicted molar refractivity (Wildman–Crippen MR) is 64.3 cm³/mol. The van der Waals surface area contributed by atoms with E-state index in [1.807, 2.05) is 27.7 Å². The molecule has 0 aromatic rings. The van der Waals surface area contributed by atoms with Gasteiger partial charge in [0.2, 0.25) is 5.91 Å². The molecule has 0 bridgehead atoms. The zero-order valence-corrected chi connectivity index (χ0v) is 10.8. The van der Waals surface area contributed by atoms with Gasteiger partial charge in [0, 0.05) is 12.6 Å². The lowest BCUT2D eigenvalue weighted by Gasteiger charge is -2.36. The lowest BCUT2D eigenvalue weighted by atomic mass is 9.96. The smallest absolute Gasteiger partial charge is 0.233 e. The van der Waals surface area contributed by atoms with Crippen molar-refractivity contribution in [2.75, 3.05) is 7.05 Å². The first-order valence-electron chi connectivity index (χ1n) is 5.56. The molecule has 16 heavy (non-hydrogen) atoms. The van der Waals surface area contributed by atoms with Gasteiger partial charge in [-0.2, -0.15) is 0 Å². The Bertz CT molecular complexity index is 274. The van der Waals surface area contributed by atoms with E-state index in [-0.39, 0.29) is 17.3 Å². The third kappa shape index (κ3) is 3.12. The van der Waals surface area contributed by atoms with Crippen molar-refractivity contribution in [3.05, 3.63) is 0 Å². The van der Waals surface area contributed by atoms with Crippen LogP contribution < -0.4 is 5.73 Å². The molecular weight excluding hydrogens is 206 g/mol. The summed E-state index contributed by atoms with van der Waals surface area (Å²) in [6.45, 7) is 7.84. The molecule has 5 heteroatoms. The highest BCUT2D eigenvalue weighted by Gasteiger charge is 2.31. The molecule has 0 radical (unpaired) electrons. The van der Waals surface area contributed by atoms with E-state index in [0.717, 1.165) is 6.42 Å². The fraction of sp³-hybridized carbons (Fsp3) is 0.818. The van der Waals surface area contributed by atoms with Crippen molar-refractivity contribution in [1.29, 1.82) is 0 Å². The van der Waals surface area contributed by atoms with Gasteiger partial charge in [0.1, 0.15) is 0 Å². The maximum atomic E-state index is 12.1. The molecule has 0 aliphatic carbocycles. The van der Waals surface area contributed by atoms with Crippen LogP contribution in [0.2, 0.25) is 0 Å². The Hall–Kier alpha value is -1.26. The van der Waals surface area contributed by atoms with E-state index in [2.05, 4.69) is 5.16 Å². The fourth-order valence-corrected chi connectivity index (χ4v) is 1.35. The number of carbonyl (C=O) groups is 1. The van der Waals surface area contributed by atoms with Gasteiger partial charge in [-0.25, -0.2) is 0 Å². The summed E-state index contributed by atoms with van der Waals surface area (Å²) >= 11 is 0. The maximum Gasteiger partial charge on any atom is 0.233 e. The summed E-state index contributed by atoms with van der Waals surface area (Å²) in [5, 5.41) is 11.5. The van der Waals surface area contributed by atoms with E-state index in [0.29, 0.717) is 6.42 Å². The van der Waals surface area contributed by atoms with Gasteiger partial charge in [0.15, 0.2) is 5.84 Å². The number of hydrogen-bond acceptors (Lipinski definition) is 3. The first kappa shape index (κ1) is 14.7. The van der Waals surface area contributed by atoms with E-state index in [1.165, 1.54) is 0 Å². The van der Waals surface area contributed by atoms with Crippen molar-refractivity contribution in [1.82, 2.24) is 4.90 Å². The Morgan fingerprint density at radius 3 is 2.31 bits per heavy atom. The van der Waals surface area contributed by atoms with E-state index < -0.39 is 5.92 Å². The first-order valence-corrected chi connectivity index (χ1v) is 5.56. The highest BCUT2D eigenvalue weighted by Crippen LogP contribution is 2.20. The van der Waals surface area contributed by atoms with Crippen LogP contribution in [-0.2, 0) is 4.79 Å². The van der Waals surface area contributed by atoms with Crippen molar-refractivity contribution in [2.45, 2.75) is 46.1 Å². The molecule has 0 aromatic heterocycles. The minimum Gasteiger partial charge on any atom is -0.409 e. The summed E-state index contributed by atoms with van der Waals surface area (Å²) in [5.41, 5.74) is 5.28. The maximum absolute atomic E-state index is 12.1. The number of carbonyl (C=O) groups excluding carboxylic acids is 1. The van der Waals surface area contributed by atoms with Gasteiger partial charge in [-0.15, -0.1) is 0 Å². The van der Waals surface area contributed by atoms with Gasteiger partial charge < -0.3 is 15.8 Å². The molecule has 3 N–H and O–H groups in total. The van der Waals surface area contributed by atoms with Crippen LogP contribution in [0.5, 0.6) is 0 Å². The van der Waals surface area contributed by atoms with Gasteiger partial charge in [-0.3, -0.25) is 4.79 Å². The average Bonchev–Trinajstić information content (AvgIpc) is 2.28. The molecule has 0 aliphatic rings. The summed E-state index contributed by atoms with van der Waals surface area (Å²) < 4.78 is 0. The third-order valence-corrected chi connectivity index (χ3v) is 3.28. The van der Waals surface area contributed by atoms with Gasteiger partial charge >= 0.3 is 0 Å². The molecule has 0 fully saturated rings. The molecule has 0 rings (SSSR count). The SMILES string of the molecule is CCC(C(=O)N(C)C(C)(C)CC)C(N)=NO. The van der Waals surface area contributed by atoms with Gasteiger partial charge in [0.05, 0.1) is 5.92 Å². The summed E-state index contributed by atoms with van der Waals surface area (Å²) in [6.07, 6.45) is 1.38. The largest absolute Gasteiger partial charge is 0.409 e. The second-order valence-corrected chi connectivity index (χ2v) is 4.55. The van der Waals surface area contributed by atoms with Gasteiger partial charge in [0.25, 0.3) is 0 Å². The van der Waals surface area contributed by atoms with E-state index in [9.17, 15) is 4.79 Å². The normalized spacial score (nSPS) is 14.7. The van der Waals surface area contributed by atoms with Crippen LogP contribution >= 0.6 is 0 Å². The van der Waals surface area contributed by atoms with Gasteiger partial charge in [-0.1, -0.05) is 19.0 Å². The highest BCUT2D eigenvalue weighted by molar-refractivity contribution is 6.02. The Morgan fingerprint density at radius 1 is 1.50 bits per heavy atom. The van der Waals surface area contributed by atoms with Crippen molar-refractivity contribution in [3.63, 3.8) is 0 Å². The first-order chi connectivity index (χ1) is 7.31. The number of rotatable bonds is 5. The number of oxime groups is 1. The molecule has 1 amide bonds. The van der Waals surface area contributed by atoms with Gasteiger partial charge in [-0.05, 0) is 26.7 Å². The van der Waals surface area contributed by atoms with Crippen LogP contribution in [-0.4, -0.2) is 34.4 Å². The Morgan fingerprint density at radius 2 is 2.00 bits per heavy atom. The molecule has 0 heterocycles. The average molecular weight is 229 g/mol. The molecule has 1 unspecified atom stereocenters. The minimum absolute atomic E-state index is 0.0220. The van der Waals surface area contributed by atoms with Crippen LogP contribution in [0.25, 0.3) is 0 Å². The van der Waals surface area contributed by atoms with E-state index >= 15 is 0 Å². The Labute approximate surface area is 97.3 Å². The molecular formula is C11H23N3O2. The van der Waals surface area contributed by atoms with Crippen LogP contribution in [0.15, 0.2) is 5.16 Å². The number of amidine groups is 1. The molecule has 0 saturated carbocycles. The quantitative estimate of drug-likeness (QED) is 0.324. The fourth-order valence-electron chi connectivity index (χ4n) is 1.35. The highest BCUT2D eigenvalue weighted by atomic mass is 16.4. The van der Waals surface area contributed by atoms with Crippen LogP contribution in [0.1, 0.15) is 40.5 Å². The molecule has 0 aromatic carbocycles. The number of nitrogens with two attached hydrogens (primary N) is 1. The molecule has 0 aliphatic heterocycles. The number of hydrogen-bond donors (Lipinski definition) is 2. The summed E-state index contributed by atoms with van der Waals surface area (Å²) in [5.74, 6) is -0.670. The van der Waals surface area contributed by atoms with E-state index in [4.69, 9.17) is 10.9 Å². The molecule has 0 spiro atoms. The Kier molecular flexibility index (Phi) is 5.27. The topological polar surface area (TPSA) is 78.9 Å². The monoisotopic (exact) mass is 229 g/mol. The number of amides is 1. The summed E-state index contributed by atoms with van der Waals surface area (Å²) in [7, 11) is 1.75. The zero-order valence-electron chi connectivity index (χ0n) is 10.8. The van der Waals surface area contributed by atoms with Crippen molar-refractivity contribution in [3.8, 4) is 0 Å². The summed E-state index contributed by atoms with van der Waals surface area (Å²) in [6, 6.07) is 0. The van der Waals surface area contributed by atoms with Crippen LogP contribution in [0.3, 0.4) is 0 Å². The lowest BCUT2D eigenvalue weighted by Crippen LogP contribution is -2.49. The second kappa shape index (κ2) is 5.72. The second-order valence-electron chi connectivity index (χ2n) is 4.55.